The Kier molecular flexibility index (Phi) is 6.63. The molecule has 0 spiro atoms. The fourth-order valence-electron chi connectivity index (χ4n) is 3.88. The van der Waals surface area contributed by atoms with Crippen LogP contribution < -0.4 is 9.62 Å². The molecular formula is C25H26ClN3O3S. The van der Waals surface area contributed by atoms with E-state index in [1.54, 1.807) is 23.1 Å². The van der Waals surface area contributed by atoms with Gasteiger partial charge in [0.1, 0.15) is 0 Å². The number of rotatable bonds is 5. The molecule has 0 aromatic heterocycles. The maximum Gasteiger partial charge on any atom is 0.261 e. The molecule has 1 aliphatic heterocycles. The van der Waals surface area contributed by atoms with Gasteiger partial charge in [-0.3, -0.25) is 9.52 Å². The van der Waals surface area contributed by atoms with E-state index in [4.69, 9.17) is 11.6 Å². The number of sulfonamides is 1. The van der Waals surface area contributed by atoms with E-state index in [9.17, 15) is 13.2 Å². The van der Waals surface area contributed by atoms with Gasteiger partial charge in [0.2, 0.25) is 0 Å². The first-order valence-corrected chi connectivity index (χ1v) is 12.6. The topological polar surface area (TPSA) is 69.7 Å². The molecule has 1 aliphatic rings. The molecule has 1 fully saturated rings. The number of carbonyl (C=O) groups excluding carboxylic acids is 1. The number of piperazine rings is 1. The molecule has 0 aliphatic carbocycles. The molecule has 0 bridgehead atoms. The highest BCUT2D eigenvalue weighted by atomic mass is 35.5. The largest absolute Gasteiger partial charge is 0.367 e. The van der Waals surface area contributed by atoms with Crippen molar-refractivity contribution in [2.45, 2.75) is 18.7 Å². The second-order valence-corrected chi connectivity index (χ2v) is 10.2. The molecule has 1 saturated heterocycles. The minimum absolute atomic E-state index is 0.111. The van der Waals surface area contributed by atoms with Crippen molar-refractivity contribution in [3.8, 4) is 0 Å². The number of hydrogen-bond acceptors (Lipinski definition) is 4. The predicted octanol–water partition coefficient (Wildman–Crippen LogP) is 4.72. The van der Waals surface area contributed by atoms with Gasteiger partial charge in [-0.2, -0.15) is 0 Å². The summed E-state index contributed by atoms with van der Waals surface area (Å²) < 4.78 is 28.3. The number of aryl methyl sites for hydroxylation is 1. The fourth-order valence-corrected chi connectivity index (χ4v) is 5.26. The van der Waals surface area contributed by atoms with Crippen LogP contribution in [0.25, 0.3) is 0 Å². The predicted molar refractivity (Wildman–Crippen MR) is 133 cm³/mol. The minimum atomic E-state index is -3.76. The Labute approximate surface area is 199 Å². The molecule has 3 aromatic rings. The first-order valence-electron chi connectivity index (χ1n) is 10.7. The van der Waals surface area contributed by atoms with Gasteiger partial charge in [-0.1, -0.05) is 35.9 Å². The van der Waals surface area contributed by atoms with E-state index in [2.05, 4.69) is 9.62 Å². The lowest BCUT2D eigenvalue weighted by Gasteiger charge is -2.36. The van der Waals surface area contributed by atoms with Crippen molar-refractivity contribution < 1.29 is 13.2 Å². The van der Waals surface area contributed by atoms with Crippen molar-refractivity contribution in [3.05, 3.63) is 88.4 Å². The van der Waals surface area contributed by atoms with Gasteiger partial charge in [-0.25, -0.2) is 8.42 Å². The van der Waals surface area contributed by atoms with Crippen LogP contribution in [-0.2, 0) is 10.0 Å². The molecule has 0 atom stereocenters. The van der Waals surface area contributed by atoms with Crippen LogP contribution in [0, 0.1) is 13.8 Å². The van der Waals surface area contributed by atoms with E-state index < -0.39 is 10.0 Å². The number of anilines is 2. The first-order chi connectivity index (χ1) is 15.8. The number of benzene rings is 3. The summed E-state index contributed by atoms with van der Waals surface area (Å²) in [4.78, 5) is 17.0. The first kappa shape index (κ1) is 23.1. The molecule has 172 valence electrons. The molecule has 6 nitrogen and oxygen atoms in total. The summed E-state index contributed by atoms with van der Waals surface area (Å²) in [5, 5.41) is 0.698. The summed E-state index contributed by atoms with van der Waals surface area (Å²) in [6.07, 6.45) is 0. The highest BCUT2D eigenvalue weighted by Gasteiger charge is 2.24. The lowest BCUT2D eigenvalue weighted by Crippen LogP contribution is -2.48. The SMILES string of the molecule is Cc1cccc(NS(=O)(=O)c2ccc(C(=O)N3CCN(c4ccccc4Cl)CC3)cc2)c1C. The lowest BCUT2D eigenvalue weighted by atomic mass is 10.1. The highest BCUT2D eigenvalue weighted by Crippen LogP contribution is 2.27. The summed E-state index contributed by atoms with van der Waals surface area (Å²) in [6, 6.07) is 19.2. The van der Waals surface area contributed by atoms with Gasteiger partial charge in [0.15, 0.2) is 0 Å². The monoisotopic (exact) mass is 483 g/mol. The molecule has 0 radical (unpaired) electrons. The van der Waals surface area contributed by atoms with Gasteiger partial charge in [-0.15, -0.1) is 0 Å². The van der Waals surface area contributed by atoms with Crippen LogP contribution in [0.2, 0.25) is 5.02 Å². The second kappa shape index (κ2) is 9.45. The van der Waals surface area contributed by atoms with Gasteiger partial charge in [-0.05, 0) is 67.4 Å². The molecule has 1 amide bonds. The van der Waals surface area contributed by atoms with Crippen molar-refractivity contribution in [2.24, 2.45) is 0 Å². The van der Waals surface area contributed by atoms with Gasteiger partial charge < -0.3 is 9.80 Å². The normalized spacial score (nSPS) is 14.3. The third-order valence-electron chi connectivity index (χ3n) is 6.02. The Morgan fingerprint density at radius 3 is 2.21 bits per heavy atom. The summed E-state index contributed by atoms with van der Waals surface area (Å²) >= 11 is 6.29. The highest BCUT2D eigenvalue weighted by molar-refractivity contribution is 7.92. The Balaban J connectivity index is 1.42. The van der Waals surface area contributed by atoms with Crippen molar-refractivity contribution >= 4 is 38.9 Å². The van der Waals surface area contributed by atoms with E-state index >= 15 is 0 Å². The smallest absolute Gasteiger partial charge is 0.261 e. The second-order valence-electron chi connectivity index (χ2n) is 8.11. The molecule has 33 heavy (non-hydrogen) atoms. The molecule has 4 rings (SSSR count). The van der Waals surface area contributed by atoms with E-state index in [1.165, 1.54) is 12.1 Å². The fraction of sp³-hybridized carbons (Fsp3) is 0.240. The molecule has 8 heteroatoms. The van der Waals surface area contributed by atoms with Crippen molar-refractivity contribution in [1.29, 1.82) is 0 Å². The van der Waals surface area contributed by atoms with Crippen LogP contribution in [0.3, 0.4) is 0 Å². The zero-order chi connectivity index (χ0) is 23.6. The number of para-hydroxylation sites is 1. The third-order valence-corrected chi connectivity index (χ3v) is 7.72. The molecule has 1 N–H and O–H groups in total. The standard InChI is InChI=1S/C25H26ClN3O3S/c1-18-6-5-8-23(19(18)2)27-33(31,32)21-12-10-20(11-13-21)25(30)29-16-14-28(15-17-29)24-9-4-3-7-22(24)26/h3-13,27H,14-17H2,1-2H3. The van der Waals surface area contributed by atoms with Gasteiger partial charge >= 0.3 is 0 Å². The van der Waals surface area contributed by atoms with Crippen LogP contribution in [-0.4, -0.2) is 45.4 Å². The van der Waals surface area contributed by atoms with Gasteiger partial charge in [0.25, 0.3) is 15.9 Å². The Morgan fingerprint density at radius 1 is 0.879 bits per heavy atom. The lowest BCUT2D eigenvalue weighted by molar-refractivity contribution is 0.0746. The van der Waals surface area contributed by atoms with Crippen LogP contribution in [0.1, 0.15) is 21.5 Å². The number of halogens is 1. The average Bonchev–Trinajstić information content (AvgIpc) is 2.82. The summed E-state index contributed by atoms with van der Waals surface area (Å²) in [5.74, 6) is -0.111. The van der Waals surface area contributed by atoms with Crippen molar-refractivity contribution in [2.75, 3.05) is 35.8 Å². The van der Waals surface area contributed by atoms with Crippen LogP contribution >= 0.6 is 11.6 Å². The van der Waals surface area contributed by atoms with E-state index in [0.29, 0.717) is 42.5 Å². The van der Waals surface area contributed by atoms with Gasteiger partial charge in [0.05, 0.1) is 21.3 Å². The van der Waals surface area contributed by atoms with E-state index in [0.717, 1.165) is 16.8 Å². The molecule has 0 unspecified atom stereocenters. The summed E-state index contributed by atoms with van der Waals surface area (Å²) in [6.45, 7) is 6.31. The number of carbonyl (C=O) groups is 1. The number of nitrogens with zero attached hydrogens (tertiary/aromatic N) is 2. The van der Waals surface area contributed by atoms with Crippen molar-refractivity contribution in [1.82, 2.24) is 4.90 Å². The zero-order valence-electron chi connectivity index (χ0n) is 18.6. The average molecular weight is 484 g/mol. The Morgan fingerprint density at radius 2 is 1.55 bits per heavy atom. The maximum atomic E-state index is 13.0. The van der Waals surface area contributed by atoms with E-state index in [-0.39, 0.29) is 10.8 Å². The maximum absolute atomic E-state index is 13.0. The molecule has 3 aromatic carbocycles. The Hall–Kier alpha value is -3.03. The number of hydrogen-bond donors (Lipinski definition) is 1. The van der Waals surface area contributed by atoms with Crippen LogP contribution in [0.4, 0.5) is 11.4 Å². The third kappa shape index (κ3) is 4.99. The molecular weight excluding hydrogens is 458 g/mol. The van der Waals surface area contributed by atoms with Gasteiger partial charge in [0, 0.05) is 31.7 Å². The summed E-state index contributed by atoms with van der Waals surface area (Å²) in [5.41, 5.74) is 3.87. The summed E-state index contributed by atoms with van der Waals surface area (Å²) in [7, 11) is -3.76. The van der Waals surface area contributed by atoms with Crippen LogP contribution in [0.5, 0.6) is 0 Å². The van der Waals surface area contributed by atoms with Crippen LogP contribution in [0.15, 0.2) is 71.6 Å². The number of amides is 1. The van der Waals surface area contributed by atoms with Crippen molar-refractivity contribution in [3.63, 3.8) is 0 Å². The minimum Gasteiger partial charge on any atom is -0.367 e. The van der Waals surface area contributed by atoms with E-state index in [1.807, 2.05) is 50.2 Å². The quantitative estimate of drug-likeness (QED) is 0.570. The molecule has 0 saturated carbocycles. The number of nitrogens with one attached hydrogen (secondary N) is 1. The molecule has 1 heterocycles. The zero-order valence-corrected chi connectivity index (χ0v) is 20.2. The Bertz CT molecular complexity index is 1270.